The number of hydrogen-bond donors (Lipinski definition) is 2. The van der Waals surface area contributed by atoms with Crippen LogP contribution >= 0.6 is 12.2 Å². The van der Waals surface area contributed by atoms with Gasteiger partial charge < -0.3 is 10.4 Å². The van der Waals surface area contributed by atoms with Crippen LogP contribution in [0.3, 0.4) is 0 Å². The highest BCUT2D eigenvalue weighted by Gasteiger charge is 2.42. The van der Waals surface area contributed by atoms with Gasteiger partial charge in [0, 0.05) is 6.04 Å². The minimum Gasteiger partial charge on any atom is -0.387 e. The second kappa shape index (κ2) is 3.03. The van der Waals surface area contributed by atoms with Gasteiger partial charge >= 0.3 is 0 Å². The molecule has 64 valence electrons. The van der Waals surface area contributed by atoms with Gasteiger partial charge in [0.05, 0.1) is 10.6 Å². The molecule has 1 aliphatic rings. The summed E-state index contributed by atoms with van der Waals surface area (Å²) < 4.78 is 12.0. The Morgan fingerprint density at radius 3 is 2.73 bits per heavy atom. The molecule has 1 aliphatic carbocycles. The summed E-state index contributed by atoms with van der Waals surface area (Å²) >= 11 is 4.80. The Labute approximate surface area is 70.8 Å². The normalized spacial score (nSPS) is 36.1. The van der Waals surface area contributed by atoms with E-state index in [2.05, 4.69) is 5.32 Å². The maximum atomic E-state index is 12.0. The topological polar surface area (TPSA) is 32.3 Å². The van der Waals surface area contributed by atoms with Crippen molar-refractivity contribution in [2.24, 2.45) is 0 Å². The Morgan fingerprint density at radius 1 is 1.82 bits per heavy atom. The minimum atomic E-state index is -1.07. The Balaban J connectivity index is 2.23. The molecule has 11 heavy (non-hydrogen) atoms. The molecule has 0 aromatic rings. The maximum absolute atomic E-state index is 12.0. The molecule has 1 rings (SSSR count). The van der Waals surface area contributed by atoms with Crippen LogP contribution in [-0.2, 0) is 0 Å². The average molecular weight is 177 g/mol. The van der Waals surface area contributed by atoms with Crippen molar-refractivity contribution in [2.45, 2.75) is 31.4 Å². The van der Waals surface area contributed by atoms with Crippen molar-refractivity contribution in [2.75, 3.05) is 6.67 Å². The first kappa shape index (κ1) is 8.87. The van der Waals surface area contributed by atoms with Gasteiger partial charge in [-0.1, -0.05) is 12.2 Å². The fraction of sp³-hybridized carbons (Fsp3) is 0.857. The summed E-state index contributed by atoms with van der Waals surface area (Å²) in [5, 5.41) is 12.2. The third kappa shape index (κ3) is 2.10. The molecule has 2 nitrogen and oxygen atoms in total. The standard InChI is InChI=1S/C7H12FNOS/c1-5(11)9-6-2-7(10,3-6)4-8/h6,10H,2-4H2,1H3,(H,9,11). The molecule has 0 radical (unpaired) electrons. The van der Waals surface area contributed by atoms with Gasteiger partial charge in [-0.2, -0.15) is 0 Å². The molecule has 1 fully saturated rings. The van der Waals surface area contributed by atoms with Crippen molar-refractivity contribution in [1.29, 1.82) is 0 Å². The van der Waals surface area contributed by atoms with Gasteiger partial charge in [0.1, 0.15) is 6.67 Å². The lowest BCUT2D eigenvalue weighted by Crippen LogP contribution is -2.55. The van der Waals surface area contributed by atoms with Crippen molar-refractivity contribution in [3.05, 3.63) is 0 Å². The minimum absolute atomic E-state index is 0.174. The lowest BCUT2D eigenvalue weighted by atomic mass is 9.77. The van der Waals surface area contributed by atoms with Crippen LogP contribution in [0.1, 0.15) is 19.8 Å². The second-order valence-corrected chi connectivity index (χ2v) is 3.78. The number of halogens is 1. The molecule has 0 atom stereocenters. The fourth-order valence-electron chi connectivity index (χ4n) is 1.36. The number of hydrogen-bond acceptors (Lipinski definition) is 2. The molecule has 0 aromatic heterocycles. The highest BCUT2D eigenvalue weighted by molar-refractivity contribution is 7.80. The van der Waals surface area contributed by atoms with E-state index in [1.807, 2.05) is 0 Å². The van der Waals surface area contributed by atoms with E-state index >= 15 is 0 Å². The fourth-order valence-corrected chi connectivity index (χ4v) is 1.52. The maximum Gasteiger partial charge on any atom is 0.118 e. The van der Waals surface area contributed by atoms with Gasteiger partial charge in [-0.25, -0.2) is 4.39 Å². The first-order valence-corrected chi connectivity index (χ1v) is 4.02. The van der Waals surface area contributed by atoms with Crippen molar-refractivity contribution in [1.82, 2.24) is 5.32 Å². The molecule has 0 spiro atoms. The van der Waals surface area contributed by atoms with E-state index < -0.39 is 12.3 Å². The first-order valence-electron chi connectivity index (χ1n) is 3.61. The zero-order valence-electron chi connectivity index (χ0n) is 6.43. The monoisotopic (exact) mass is 177 g/mol. The van der Waals surface area contributed by atoms with Crippen LogP contribution in [0.2, 0.25) is 0 Å². The van der Waals surface area contributed by atoms with Gasteiger partial charge in [0.25, 0.3) is 0 Å². The smallest absolute Gasteiger partial charge is 0.118 e. The van der Waals surface area contributed by atoms with Gasteiger partial charge in [0.2, 0.25) is 0 Å². The van der Waals surface area contributed by atoms with Crippen LogP contribution in [0, 0.1) is 0 Å². The van der Waals surface area contributed by atoms with E-state index in [1.165, 1.54) is 0 Å². The summed E-state index contributed by atoms with van der Waals surface area (Å²) in [5.41, 5.74) is -1.07. The quantitative estimate of drug-likeness (QED) is 0.611. The summed E-state index contributed by atoms with van der Waals surface area (Å²) in [4.78, 5) is 0.705. The number of nitrogens with one attached hydrogen (secondary N) is 1. The Hall–Kier alpha value is -0.220. The van der Waals surface area contributed by atoms with Gasteiger partial charge in [-0.3, -0.25) is 0 Å². The Morgan fingerprint density at radius 2 is 2.36 bits per heavy atom. The van der Waals surface area contributed by atoms with Gasteiger partial charge in [0.15, 0.2) is 0 Å². The zero-order valence-corrected chi connectivity index (χ0v) is 7.25. The molecule has 0 aromatic carbocycles. The van der Waals surface area contributed by atoms with Crippen LogP contribution in [-0.4, -0.2) is 28.4 Å². The summed E-state index contributed by atoms with van der Waals surface area (Å²) in [5.74, 6) is 0. The highest BCUT2D eigenvalue weighted by Crippen LogP contribution is 2.32. The molecule has 2 N–H and O–H groups in total. The van der Waals surface area contributed by atoms with E-state index in [0.29, 0.717) is 17.8 Å². The predicted octanol–water partition coefficient (Wildman–Crippen LogP) is 0.786. The molecule has 0 saturated heterocycles. The van der Waals surface area contributed by atoms with Gasteiger partial charge in [-0.15, -0.1) is 0 Å². The summed E-state index contributed by atoms with van der Waals surface area (Å²) in [7, 11) is 0. The molecule has 4 heteroatoms. The predicted molar refractivity (Wildman–Crippen MR) is 45.4 cm³/mol. The Bertz CT molecular complexity index is 168. The van der Waals surface area contributed by atoms with Crippen LogP contribution in [0.4, 0.5) is 4.39 Å². The number of aliphatic hydroxyl groups is 1. The van der Waals surface area contributed by atoms with Crippen molar-refractivity contribution < 1.29 is 9.50 Å². The summed E-state index contributed by atoms with van der Waals surface area (Å²) in [6.45, 7) is 1.13. The zero-order chi connectivity index (χ0) is 8.48. The summed E-state index contributed by atoms with van der Waals surface area (Å²) in [6.07, 6.45) is 0.939. The van der Waals surface area contributed by atoms with E-state index in [-0.39, 0.29) is 6.04 Å². The van der Waals surface area contributed by atoms with Crippen molar-refractivity contribution in [3.8, 4) is 0 Å². The van der Waals surface area contributed by atoms with Crippen LogP contribution in [0.15, 0.2) is 0 Å². The molecular formula is C7H12FNOS. The molecule has 1 saturated carbocycles. The molecule has 0 bridgehead atoms. The number of alkyl halides is 1. The molecule has 0 unspecified atom stereocenters. The van der Waals surface area contributed by atoms with Crippen molar-refractivity contribution in [3.63, 3.8) is 0 Å². The first-order chi connectivity index (χ1) is 5.06. The lowest BCUT2D eigenvalue weighted by molar-refractivity contribution is -0.0677. The molecule has 0 amide bonds. The van der Waals surface area contributed by atoms with Crippen molar-refractivity contribution >= 4 is 17.2 Å². The molecule has 0 aliphatic heterocycles. The van der Waals surface area contributed by atoms with Crippen LogP contribution in [0.5, 0.6) is 0 Å². The molecule has 0 heterocycles. The average Bonchev–Trinajstić information content (AvgIpc) is 1.83. The van der Waals surface area contributed by atoms with Crippen LogP contribution < -0.4 is 5.32 Å². The number of thiocarbonyl (C=S) groups is 1. The van der Waals surface area contributed by atoms with E-state index in [9.17, 15) is 9.50 Å². The van der Waals surface area contributed by atoms with Gasteiger partial charge in [-0.05, 0) is 19.8 Å². The molecular weight excluding hydrogens is 165 g/mol. The Kier molecular flexibility index (Phi) is 2.44. The second-order valence-electron chi connectivity index (χ2n) is 3.16. The third-order valence-corrected chi connectivity index (χ3v) is 2.03. The van der Waals surface area contributed by atoms with Crippen LogP contribution in [0.25, 0.3) is 0 Å². The highest BCUT2D eigenvalue weighted by atomic mass is 32.1. The largest absolute Gasteiger partial charge is 0.387 e. The van der Waals surface area contributed by atoms with E-state index in [4.69, 9.17) is 12.2 Å². The third-order valence-electron chi connectivity index (χ3n) is 1.91. The van der Waals surface area contributed by atoms with E-state index in [1.54, 1.807) is 6.92 Å². The number of rotatable bonds is 2. The van der Waals surface area contributed by atoms with E-state index in [0.717, 1.165) is 0 Å². The summed E-state index contributed by atoms with van der Waals surface area (Å²) in [6, 6.07) is 0.174. The SMILES string of the molecule is CC(=S)NC1CC(O)(CF)C1. The lowest BCUT2D eigenvalue weighted by Gasteiger charge is -2.42.